The molecule has 17 heavy (non-hydrogen) atoms. The lowest BCUT2D eigenvalue weighted by molar-refractivity contribution is 0.0982. The predicted octanol–water partition coefficient (Wildman–Crippen LogP) is 1.94. The fraction of sp³-hybridized carbons (Fsp3) is 0.308. The molecule has 0 aliphatic carbocycles. The first-order chi connectivity index (χ1) is 8.15. The Kier molecular flexibility index (Phi) is 3.32. The molecule has 0 aliphatic rings. The van der Waals surface area contributed by atoms with Crippen LogP contribution in [0.2, 0.25) is 0 Å². The first-order valence-corrected chi connectivity index (χ1v) is 5.58. The second-order valence-corrected chi connectivity index (χ2v) is 4.13. The molecule has 0 atom stereocenters. The van der Waals surface area contributed by atoms with Gasteiger partial charge in [0.15, 0.2) is 5.78 Å². The highest BCUT2D eigenvalue weighted by Crippen LogP contribution is 2.08. The summed E-state index contributed by atoms with van der Waals surface area (Å²) in [4.78, 5) is 16.0. The zero-order valence-electron chi connectivity index (χ0n) is 10.1. The molecule has 0 unspecified atom stereocenters. The van der Waals surface area contributed by atoms with Crippen LogP contribution in [0.4, 0.5) is 0 Å². The minimum absolute atomic E-state index is 0.152. The summed E-state index contributed by atoms with van der Waals surface area (Å²) >= 11 is 0. The van der Waals surface area contributed by atoms with E-state index in [0.29, 0.717) is 6.42 Å². The highest BCUT2D eigenvalue weighted by Gasteiger charge is 2.07. The van der Waals surface area contributed by atoms with Crippen molar-refractivity contribution in [2.24, 2.45) is 7.05 Å². The van der Waals surface area contributed by atoms with Crippen LogP contribution < -0.4 is 0 Å². The van der Waals surface area contributed by atoms with Gasteiger partial charge in [-0.15, -0.1) is 0 Å². The molecule has 2 aromatic heterocycles. The van der Waals surface area contributed by atoms with Crippen molar-refractivity contribution < 1.29 is 4.79 Å². The monoisotopic (exact) mass is 229 g/mol. The van der Waals surface area contributed by atoms with Crippen LogP contribution in [-0.4, -0.2) is 20.5 Å². The van der Waals surface area contributed by atoms with Crippen LogP contribution in [0.3, 0.4) is 0 Å². The van der Waals surface area contributed by atoms with Crippen LogP contribution in [0.15, 0.2) is 30.7 Å². The number of carbonyl (C=O) groups excluding carboxylic acids is 1. The molecule has 0 aromatic carbocycles. The lowest BCUT2D eigenvalue weighted by Crippen LogP contribution is -2.01. The number of rotatable bonds is 4. The molecule has 0 saturated heterocycles. The fourth-order valence-corrected chi connectivity index (χ4v) is 1.72. The number of aryl methyl sites for hydroxylation is 3. The van der Waals surface area contributed by atoms with E-state index in [2.05, 4.69) is 10.1 Å². The normalized spacial score (nSPS) is 10.5. The maximum Gasteiger partial charge on any atom is 0.163 e. The molecule has 2 aromatic rings. The molecule has 0 fully saturated rings. The average molecular weight is 229 g/mol. The molecule has 4 nitrogen and oxygen atoms in total. The Bertz CT molecular complexity index is 531. The maximum atomic E-state index is 11.9. The molecule has 0 saturated carbocycles. The van der Waals surface area contributed by atoms with Gasteiger partial charge in [-0.3, -0.25) is 14.5 Å². The first kappa shape index (κ1) is 11.5. The number of ketones is 1. The Labute approximate surface area is 100 Å². The standard InChI is InChI=1S/C13H15N3O/c1-10-7-12(5-6-14-10)13(17)4-3-11-8-15-16(2)9-11/h5-9H,3-4H2,1-2H3. The predicted molar refractivity (Wildman–Crippen MR) is 64.8 cm³/mol. The Morgan fingerprint density at radius 2 is 2.29 bits per heavy atom. The zero-order valence-corrected chi connectivity index (χ0v) is 10.1. The average Bonchev–Trinajstić information content (AvgIpc) is 2.72. The summed E-state index contributed by atoms with van der Waals surface area (Å²) in [7, 11) is 1.87. The lowest BCUT2D eigenvalue weighted by Gasteiger charge is -2.00. The number of Topliss-reactive ketones (excluding diaryl/α,β-unsaturated/α-hetero) is 1. The van der Waals surface area contributed by atoms with E-state index in [1.807, 2.05) is 26.2 Å². The largest absolute Gasteiger partial charge is 0.294 e. The van der Waals surface area contributed by atoms with E-state index in [9.17, 15) is 4.79 Å². The van der Waals surface area contributed by atoms with Gasteiger partial charge in [0.1, 0.15) is 0 Å². The smallest absolute Gasteiger partial charge is 0.163 e. The van der Waals surface area contributed by atoms with E-state index < -0.39 is 0 Å². The van der Waals surface area contributed by atoms with E-state index in [1.165, 1.54) is 0 Å². The van der Waals surface area contributed by atoms with Gasteiger partial charge in [-0.2, -0.15) is 5.10 Å². The Morgan fingerprint density at radius 1 is 1.47 bits per heavy atom. The third-order valence-electron chi connectivity index (χ3n) is 2.62. The molecule has 4 heteroatoms. The van der Waals surface area contributed by atoms with Gasteiger partial charge in [-0.25, -0.2) is 0 Å². The van der Waals surface area contributed by atoms with Crippen molar-refractivity contribution in [3.63, 3.8) is 0 Å². The SMILES string of the molecule is Cc1cc(C(=O)CCc2cnn(C)c2)ccn1. The van der Waals surface area contributed by atoms with Gasteiger partial charge in [0.2, 0.25) is 0 Å². The van der Waals surface area contributed by atoms with Crippen LogP contribution in [-0.2, 0) is 13.5 Å². The minimum Gasteiger partial charge on any atom is -0.294 e. The third kappa shape index (κ3) is 3.00. The van der Waals surface area contributed by atoms with E-state index in [4.69, 9.17) is 0 Å². The molecule has 0 N–H and O–H groups in total. The van der Waals surface area contributed by atoms with Crippen molar-refractivity contribution in [3.05, 3.63) is 47.5 Å². The van der Waals surface area contributed by atoms with Crippen LogP contribution in [0, 0.1) is 6.92 Å². The van der Waals surface area contributed by atoms with Crippen LogP contribution in [0.1, 0.15) is 28.0 Å². The second kappa shape index (κ2) is 4.91. The zero-order chi connectivity index (χ0) is 12.3. The fourth-order valence-electron chi connectivity index (χ4n) is 1.72. The summed E-state index contributed by atoms with van der Waals surface area (Å²) < 4.78 is 1.75. The topological polar surface area (TPSA) is 47.8 Å². The summed E-state index contributed by atoms with van der Waals surface area (Å²) in [6.07, 6.45) is 6.64. The molecule has 0 radical (unpaired) electrons. The summed E-state index contributed by atoms with van der Waals surface area (Å²) in [6, 6.07) is 3.59. The molecule has 0 amide bonds. The van der Waals surface area contributed by atoms with Crippen molar-refractivity contribution in [2.45, 2.75) is 19.8 Å². The van der Waals surface area contributed by atoms with Crippen LogP contribution in [0.25, 0.3) is 0 Å². The summed E-state index contributed by atoms with van der Waals surface area (Å²) in [5.41, 5.74) is 2.70. The highest BCUT2D eigenvalue weighted by atomic mass is 16.1. The molecule has 0 spiro atoms. The van der Waals surface area contributed by atoms with Gasteiger partial charge < -0.3 is 0 Å². The van der Waals surface area contributed by atoms with Crippen molar-refractivity contribution in [3.8, 4) is 0 Å². The molecule has 2 rings (SSSR count). The maximum absolute atomic E-state index is 11.9. The number of hydrogen-bond acceptors (Lipinski definition) is 3. The summed E-state index contributed by atoms with van der Waals surface area (Å²) in [5.74, 6) is 0.152. The molecular weight excluding hydrogens is 214 g/mol. The van der Waals surface area contributed by atoms with Crippen molar-refractivity contribution in [2.75, 3.05) is 0 Å². The Morgan fingerprint density at radius 3 is 2.94 bits per heavy atom. The van der Waals surface area contributed by atoms with Crippen LogP contribution >= 0.6 is 0 Å². The first-order valence-electron chi connectivity index (χ1n) is 5.58. The van der Waals surface area contributed by atoms with Gasteiger partial charge in [0.05, 0.1) is 6.20 Å². The number of aromatic nitrogens is 3. The Hall–Kier alpha value is -1.97. The van der Waals surface area contributed by atoms with Gasteiger partial charge in [0.25, 0.3) is 0 Å². The molecule has 0 bridgehead atoms. The van der Waals surface area contributed by atoms with Crippen LogP contribution in [0.5, 0.6) is 0 Å². The molecule has 88 valence electrons. The highest BCUT2D eigenvalue weighted by molar-refractivity contribution is 5.96. The van der Waals surface area contributed by atoms with Gasteiger partial charge >= 0.3 is 0 Å². The number of carbonyl (C=O) groups is 1. The van der Waals surface area contributed by atoms with E-state index in [1.54, 1.807) is 23.1 Å². The van der Waals surface area contributed by atoms with E-state index >= 15 is 0 Å². The number of hydrogen-bond donors (Lipinski definition) is 0. The lowest BCUT2D eigenvalue weighted by atomic mass is 10.1. The quantitative estimate of drug-likeness (QED) is 0.753. The van der Waals surface area contributed by atoms with E-state index in [-0.39, 0.29) is 5.78 Å². The minimum atomic E-state index is 0.152. The van der Waals surface area contributed by atoms with Gasteiger partial charge in [-0.1, -0.05) is 0 Å². The van der Waals surface area contributed by atoms with Crippen molar-refractivity contribution in [1.82, 2.24) is 14.8 Å². The molecule has 2 heterocycles. The second-order valence-electron chi connectivity index (χ2n) is 4.13. The molecule has 0 aliphatic heterocycles. The Balaban J connectivity index is 1.98. The van der Waals surface area contributed by atoms with Crippen molar-refractivity contribution in [1.29, 1.82) is 0 Å². The molecular formula is C13H15N3O. The summed E-state index contributed by atoms with van der Waals surface area (Å²) in [5, 5.41) is 4.08. The third-order valence-corrected chi connectivity index (χ3v) is 2.62. The number of nitrogens with zero attached hydrogens (tertiary/aromatic N) is 3. The van der Waals surface area contributed by atoms with Crippen molar-refractivity contribution >= 4 is 5.78 Å². The van der Waals surface area contributed by atoms with Gasteiger partial charge in [0, 0.05) is 37.1 Å². The number of pyridine rings is 1. The van der Waals surface area contributed by atoms with Gasteiger partial charge in [-0.05, 0) is 31.0 Å². The summed E-state index contributed by atoms with van der Waals surface area (Å²) in [6.45, 7) is 1.89. The van der Waals surface area contributed by atoms with E-state index in [0.717, 1.165) is 23.2 Å².